The van der Waals surface area contributed by atoms with Crippen LogP contribution in [0.25, 0.3) is 0 Å². The maximum Gasteiger partial charge on any atom is 0.271 e. The van der Waals surface area contributed by atoms with Crippen LogP contribution >= 0.6 is 22.6 Å². The van der Waals surface area contributed by atoms with Crippen LogP contribution in [0, 0.1) is 3.57 Å². The Morgan fingerprint density at radius 3 is 2.80 bits per heavy atom. The van der Waals surface area contributed by atoms with Gasteiger partial charge in [-0.05, 0) is 59.8 Å². The van der Waals surface area contributed by atoms with Gasteiger partial charge < -0.3 is 9.15 Å². The van der Waals surface area contributed by atoms with Gasteiger partial charge in [-0.15, -0.1) is 0 Å². The zero-order chi connectivity index (χ0) is 14.5. The van der Waals surface area contributed by atoms with Crippen LogP contribution in [-0.4, -0.2) is 18.7 Å². The van der Waals surface area contributed by atoms with Crippen LogP contribution in [0.4, 0.5) is 0 Å². The molecule has 0 bridgehead atoms. The van der Waals surface area contributed by atoms with E-state index in [-0.39, 0.29) is 5.91 Å². The molecule has 1 heterocycles. The van der Waals surface area contributed by atoms with Crippen LogP contribution in [0.2, 0.25) is 0 Å². The minimum absolute atomic E-state index is 0.281. The van der Waals surface area contributed by atoms with Gasteiger partial charge in [0.1, 0.15) is 17.2 Å². The Balaban J connectivity index is 2.09. The molecule has 0 saturated carbocycles. The summed E-state index contributed by atoms with van der Waals surface area (Å²) in [5.74, 6) is 1.07. The third-order valence-corrected chi connectivity index (χ3v) is 3.46. The molecule has 6 heteroatoms. The molecular formula is C14H13IN2O3. The summed E-state index contributed by atoms with van der Waals surface area (Å²) in [6, 6.07) is 8.73. The number of benzene rings is 1. The zero-order valence-electron chi connectivity index (χ0n) is 11.0. The van der Waals surface area contributed by atoms with E-state index >= 15 is 0 Å². The first-order valence-corrected chi connectivity index (χ1v) is 6.91. The number of nitrogens with zero attached hydrogens (tertiary/aromatic N) is 1. The fourth-order valence-electron chi connectivity index (χ4n) is 1.55. The fraction of sp³-hybridized carbons (Fsp3) is 0.143. The van der Waals surface area contributed by atoms with Crippen LogP contribution in [0.15, 0.2) is 46.1 Å². The molecule has 1 aromatic heterocycles. The number of ether oxygens (including phenoxy) is 1. The Labute approximate surface area is 130 Å². The van der Waals surface area contributed by atoms with Crippen molar-refractivity contribution in [3.05, 3.63) is 51.5 Å². The van der Waals surface area contributed by atoms with Crippen molar-refractivity contribution in [3.8, 4) is 5.75 Å². The number of carbonyl (C=O) groups is 1. The smallest absolute Gasteiger partial charge is 0.271 e. The summed E-state index contributed by atoms with van der Waals surface area (Å²) in [4.78, 5) is 12.0. The van der Waals surface area contributed by atoms with Crippen molar-refractivity contribution in [2.45, 2.75) is 6.92 Å². The fourth-order valence-corrected chi connectivity index (χ4v) is 2.28. The highest BCUT2D eigenvalue weighted by Crippen LogP contribution is 2.21. The standard InChI is InChI=1S/C14H13IN2O3/c1-9(12-4-3-7-20-12)16-17-14(18)10-5-6-13(19-2)11(15)8-10/h3-8H,1-2H3,(H,17,18)/b16-9-. The molecule has 104 valence electrons. The molecule has 0 fully saturated rings. The minimum atomic E-state index is -0.281. The summed E-state index contributed by atoms with van der Waals surface area (Å²) < 4.78 is 11.2. The Kier molecular flexibility index (Phi) is 4.78. The molecule has 0 saturated heterocycles. The number of amides is 1. The number of furan rings is 1. The summed E-state index contributed by atoms with van der Waals surface area (Å²) in [5.41, 5.74) is 3.62. The van der Waals surface area contributed by atoms with Crippen molar-refractivity contribution in [2.75, 3.05) is 7.11 Å². The number of nitrogens with one attached hydrogen (secondary N) is 1. The summed E-state index contributed by atoms with van der Waals surface area (Å²) in [5, 5.41) is 4.00. The molecule has 0 spiro atoms. The van der Waals surface area contributed by atoms with Crippen molar-refractivity contribution in [1.29, 1.82) is 0 Å². The first kappa shape index (κ1) is 14.6. The van der Waals surface area contributed by atoms with Crippen molar-refractivity contribution < 1.29 is 13.9 Å². The van der Waals surface area contributed by atoms with Gasteiger partial charge in [-0.25, -0.2) is 5.43 Å². The van der Waals surface area contributed by atoms with Crippen LogP contribution in [0.5, 0.6) is 5.75 Å². The lowest BCUT2D eigenvalue weighted by Gasteiger charge is -2.05. The molecule has 20 heavy (non-hydrogen) atoms. The molecule has 1 N–H and O–H groups in total. The monoisotopic (exact) mass is 384 g/mol. The van der Waals surface area contributed by atoms with E-state index in [0.29, 0.717) is 17.0 Å². The third kappa shape index (κ3) is 3.38. The van der Waals surface area contributed by atoms with E-state index in [1.54, 1.807) is 50.6 Å². The van der Waals surface area contributed by atoms with Gasteiger partial charge in [-0.1, -0.05) is 0 Å². The number of halogens is 1. The molecule has 1 amide bonds. The van der Waals surface area contributed by atoms with E-state index in [2.05, 4.69) is 33.1 Å². The number of methoxy groups -OCH3 is 1. The first-order valence-electron chi connectivity index (χ1n) is 5.84. The maximum atomic E-state index is 12.0. The molecule has 2 aromatic rings. The Morgan fingerprint density at radius 1 is 1.40 bits per heavy atom. The van der Waals surface area contributed by atoms with Crippen LogP contribution in [0.3, 0.4) is 0 Å². The number of rotatable bonds is 4. The Morgan fingerprint density at radius 2 is 2.20 bits per heavy atom. The topological polar surface area (TPSA) is 63.8 Å². The van der Waals surface area contributed by atoms with E-state index in [1.165, 1.54) is 0 Å². The molecule has 0 unspecified atom stereocenters. The van der Waals surface area contributed by atoms with Crippen molar-refractivity contribution in [3.63, 3.8) is 0 Å². The largest absolute Gasteiger partial charge is 0.496 e. The van der Waals surface area contributed by atoms with Gasteiger partial charge in [0.05, 0.1) is 16.9 Å². The van der Waals surface area contributed by atoms with E-state index in [1.807, 2.05) is 0 Å². The molecule has 0 atom stereocenters. The zero-order valence-corrected chi connectivity index (χ0v) is 13.2. The lowest BCUT2D eigenvalue weighted by atomic mass is 10.2. The average molecular weight is 384 g/mol. The summed E-state index contributed by atoms with van der Waals surface area (Å²) in [6.45, 7) is 1.76. The van der Waals surface area contributed by atoms with E-state index in [0.717, 1.165) is 9.32 Å². The van der Waals surface area contributed by atoms with Crippen LogP contribution in [0.1, 0.15) is 23.0 Å². The van der Waals surface area contributed by atoms with E-state index in [4.69, 9.17) is 9.15 Å². The van der Waals surface area contributed by atoms with Gasteiger partial charge in [-0.3, -0.25) is 4.79 Å². The quantitative estimate of drug-likeness (QED) is 0.501. The number of hydrogen-bond acceptors (Lipinski definition) is 4. The Hall–Kier alpha value is -1.83. The summed E-state index contributed by atoms with van der Waals surface area (Å²) in [7, 11) is 1.59. The second-order valence-corrected chi connectivity index (χ2v) is 5.13. The molecule has 5 nitrogen and oxygen atoms in total. The molecule has 1 aromatic carbocycles. The normalized spacial score (nSPS) is 11.2. The molecular weight excluding hydrogens is 371 g/mol. The van der Waals surface area contributed by atoms with Crippen molar-refractivity contribution >= 4 is 34.2 Å². The van der Waals surface area contributed by atoms with Crippen molar-refractivity contribution in [2.24, 2.45) is 5.10 Å². The van der Waals surface area contributed by atoms with Gasteiger partial charge >= 0.3 is 0 Å². The predicted molar refractivity (Wildman–Crippen MR) is 84.1 cm³/mol. The molecule has 0 aliphatic carbocycles. The first-order chi connectivity index (χ1) is 9.61. The van der Waals surface area contributed by atoms with Gasteiger partial charge in [0.2, 0.25) is 0 Å². The highest BCUT2D eigenvalue weighted by molar-refractivity contribution is 14.1. The Bertz CT molecular complexity index is 636. The lowest BCUT2D eigenvalue weighted by molar-refractivity contribution is 0.0954. The van der Waals surface area contributed by atoms with E-state index in [9.17, 15) is 4.79 Å². The van der Waals surface area contributed by atoms with Gasteiger partial charge in [0.25, 0.3) is 5.91 Å². The predicted octanol–water partition coefficient (Wildman–Crippen LogP) is 3.05. The van der Waals surface area contributed by atoms with Gasteiger partial charge in [-0.2, -0.15) is 5.10 Å². The maximum absolute atomic E-state index is 12.0. The van der Waals surface area contributed by atoms with Crippen LogP contribution < -0.4 is 10.2 Å². The molecule has 2 rings (SSSR count). The highest BCUT2D eigenvalue weighted by atomic mass is 127. The molecule has 0 radical (unpaired) electrons. The third-order valence-electron chi connectivity index (χ3n) is 2.62. The second-order valence-electron chi connectivity index (χ2n) is 3.96. The number of hydrazone groups is 1. The van der Waals surface area contributed by atoms with E-state index < -0.39 is 0 Å². The second kappa shape index (κ2) is 6.56. The minimum Gasteiger partial charge on any atom is -0.496 e. The number of hydrogen-bond donors (Lipinski definition) is 1. The van der Waals surface area contributed by atoms with Gasteiger partial charge in [0, 0.05) is 5.56 Å². The van der Waals surface area contributed by atoms with Crippen molar-refractivity contribution in [1.82, 2.24) is 5.43 Å². The lowest BCUT2D eigenvalue weighted by Crippen LogP contribution is -2.19. The summed E-state index contributed by atoms with van der Waals surface area (Å²) >= 11 is 2.11. The highest BCUT2D eigenvalue weighted by Gasteiger charge is 2.08. The molecule has 0 aliphatic rings. The molecule has 0 aliphatic heterocycles. The summed E-state index contributed by atoms with van der Waals surface area (Å²) in [6.07, 6.45) is 1.56. The van der Waals surface area contributed by atoms with Gasteiger partial charge in [0.15, 0.2) is 0 Å². The number of carbonyl (C=O) groups excluding carboxylic acids is 1. The average Bonchev–Trinajstić information content (AvgIpc) is 2.98. The van der Waals surface area contributed by atoms with Crippen LogP contribution in [-0.2, 0) is 0 Å². The SMILES string of the molecule is COc1ccc(C(=O)N/N=C(/C)c2ccco2)cc1I.